The van der Waals surface area contributed by atoms with Crippen LogP contribution in [0.1, 0.15) is 66.9 Å². The molecule has 0 unspecified atom stereocenters. The van der Waals surface area contributed by atoms with E-state index in [0.717, 1.165) is 0 Å². The number of hydrogen-bond acceptors (Lipinski definition) is 3. The van der Waals surface area contributed by atoms with Crippen molar-refractivity contribution in [2.24, 2.45) is 11.8 Å². The molecule has 0 N–H and O–H groups in total. The molecule has 1 aliphatic heterocycles. The van der Waals surface area contributed by atoms with E-state index in [1.807, 2.05) is 45.9 Å². The van der Waals surface area contributed by atoms with Crippen LogP contribution in [0.3, 0.4) is 0 Å². The summed E-state index contributed by atoms with van der Waals surface area (Å²) in [6, 6.07) is 10.3. The van der Waals surface area contributed by atoms with E-state index in [9.17, 15) is 4.79 Å². The number of nitrogens with zero attached hydrogens (tertiary/aromatic N) is 1. The summed E-state index contributed by atoms with van der Waals surface area (Å²) in [6.07, 6.45) is 3.76. The van der Waals surface area contributed by atoms with Crippen molar-refractivity contribution in [3.8, 4) is 0 Å². The first-order valence-corrected chi connectivity index (χ1v) is 10.3. The molecule has 4 heteroatoms. The number of carbonyl (C=O) groups is 1. The van der Waals surface area contributed by atoms with Crippen LogP contribution < -0.4 is 0 Å². The minimum atomic E-state index is -0.682. The molecule has 0 radical (unpaired) electrons. The minimum absolute atomic E-state index is 0.0757. The monoisotopic (exact) mass is 387 g/mol. The third-order valence-electron chi connectivity index (χ3n) is 5.48. The van der Waals surface area contributed by atoms with E-state index in [-0.39, 0.29) is 24.0 Å². The largest absolute Gasteiger partial charge is 0.445 e. The molecule has 1 saturated heterocycles. The number of hydrogen-bond donors (Lipinski definition) is 0. The predicted octanol–water partition coefficient (Wildman–Crippen LogP) is 5.99. The van der Waals surface area contributed by atoms with Crippen molar-refractivity contribution >= 4 is 6.09 Å². The molecule has 0 aromatic heterocycles. The first-order valence-electron chi connectivity index (χ1n) is 10.3. The van der Waals surface area contributed by atoms with E-state index in [1.54, 1.807) is 4.90 Å². The number of allylic oxidation sites excluding steroid dienone is 1. The second kappa shape index (κ2) is 8.69. The molecule has 2 rings (SSSR count). The molecule has 0 bridgehead atoms. The van der Waals surface area contributed by atoms with Crippen molar-refractivity contribution in [2.45, 2.75) is 78.7 Å². The van der Waals surface area contributed by atoms with E-state index in [2.05, 4.69) is 52.0 Å². The Kier molecular flexibility index (Phi) is 6.97. The Morgan fingerprint density at radius 3 is 2.18 bits per heavy atom. The van der Waals surface area contributed by atoms with Crippen LogP contribution in [0.15, 0.2) is 42.5 Å². The van der Waals surface area contributed by atoms with E-state index in [4.69, 9.17) is 9.47 Å². The summed E-state index contributed by atoms with van der Waals surface area (Å²) in [5.74, 6) is 0.624. The van der Waals surface area contributed by atoms with Gasteiger partial charge in [0.1, 0.15) is 11.8 Å². The van der Waals surface area contributed by atoms with Gasteiger partial charge < -0.3 is 9.47 Å². The fourth-order valence-corrected chi connectivity index (χ4v) is 3.97. The zero-order valence-electron chi connectivity index (χ0n) is 18.7. The van der Waals surface area contributed by atoms with E-state index < -0.39 is 11.3 Å². The Hall–Kier alpha value is -1.81. The number of ether oxygens (including phenoxy) is 2. The van der Waals surface area contributed by atoms with Crippen LogP contribution in [-0.2, 0) is 9.47 Å². The van der Waals surface area contributed by atoms with Gasteiger partial charge in [0.2, 0.25) is 0 Å². The van der Waals surface area contributed by atoms with Crippen molar-refractivity contribution in [3.63, 3.8) is 0 Å². The highest BCUT2D eigenvalue weighted by atomic mass is 16.6. The molecule has 3 atom stereocenters. The van der Waals surface area contributed by atoms with Crippen molar-refractivity contribution < 1.29 is 14.3 Å². The van der Waals surface area contributed by atoms with Crippen LogP contribution in [0.2, 0.25) is 0 Å². The average molecular weight is 388 g/mol. The lowest BCUT2D eigenvalue weighted by Crippen LogP contribution is -2.54. The van der Waals surface area contributed by atoms with E-state index in [0.29, 0.717) is 12.5 Å². The summed E-state index contributed by atoms with van der Waals surface area (Å²) >= 11 is 0. The number of rotatable bonds is 6. The normalized spacial score (nSPS) is 21.7. The summed E-state index contributed by atoms with van der Waals surface area (Å²) in [5.41, 5.74) is 0.0808. The Morgan fingerprint density at radius 2 is 1.68 bits per heavy atom. The maximum atomic E-state index is 13.3. The third kappa shape index (κ3) is 5.16. The van der Waals surface area contributed by atoms with Gasteiger partial charge in [-0.1, -0.05) is 70.2 Å². The van der Waals surface area contributed by atoms with Crippen molar-refractivity contribution in [1.82, 2.24) is 4.90 Å². The first kappa shape index (κ1) is 22.5. The number of benzene rings is 1. The van der Waals surface area contributed by atoms with E-state index in [1.165, 1.54) is 5.56 Å². The van der Waals surface area contributed by atoms with Crippen molar-refractivity contribution in [1.29, 1.82) is 0 Å². The molecule has 1 aromatic carbocycles. The maximum Gasteiger partial charge on any atom is 0.412 e. The maximum absolute atomic E-state index is 13.3. The van der Waals surface area contributed by atoms with Crippen LogP contribution in [0.4, 0.5) is 4.79 Å². The molecular weight excluding hydrogens is 350 g/mol. The molecule has 4 nitrogen and oxygen atoms in total. The van der Waals surface area contributed by atoms with Gasteiger partial charge in [0.25, 0.3) is 0 Å². The molecule has 28 heavy (non-hydrogen) atoms. The molecule has 1 amide bonds. The smallest absolute Gasteiger partial charge is 0.412 e. The molecular formula is C24H37NO3. The molecule has 0 saturated carbocycles. The molecule has 0 aliphatic carbocycles. The number of amides is 1. The molecule has 1 aliphatic rings. The average Bonchev–Trinajstić information content (AvgIpc) is 2.85. The van der Waals surface area contributed by atoms with Crippen LogP contribution >= 0.6 is 0 Å². The van der Waals surface area contributed by atoms with Crippen LogP contribution in [0.5, 0.6) is 0 Å². The second-order valence-electron chi connectivity index (χ2n) is 9.42. The second-order valence-corrected chi connectivity index (χ2v) is 9.42. The predicted molar refractivity (Wildman–Crippen MR) is 114 cm³/mol. The van der Waals surface area contributed by atoms with Crippen LogP contribution in [0.25, 0.3) is 0 Å². The van der Waals surface area contributed by atoms with Gasteiger partial charge in [-0.05, 0) is 39.2 Å². The highest BCUT2D eigenvalue weighted by Crippen LogP contribution is 2.37. The lowest BCUT2D eigenvalue weighted by atomic mass is 9.87. The van der Waals surface area contributed by atoms with Gasteiger partial charge in [-0.25, -0.2) is 4.79 Å². The quantitative estimate of drug-likeness (QED) is 0.563. The van der Waals surface area contributed by atoms with Gasteiger partial charge in [-0.2, -0.15) is 0 Å². The van der Waals surface area contributed by atoms with Gasteiger partial charge in [-0.3, -0.25) is 4.90 Å². The van der Waals surface area contributed by atoms with Crippen LogP contribution in [0, 0.1) is 11.8 Å². The molecule has 156 valence electrons. The first-order chi connectivity index (χ1) is 13.0. The Bertz CT molecular complexity index is 662. The van der Waals surface area contributed by atoms with Crippen molar-refractivity contribution in [2.75, 3.05) is 6.61 Å². The SMILES string of the molecule is CC(C)/C=C/[C@H](C)[C@H](OC(=O)N1C(C)(C)COC1(C)C)[C@@H](C)c1ccccc1. The molecule has 1 heterocycles. The molecule has 1 fully saturated rings. The topological polar surface area (TPSA) is 38.8 Å². The highest BCUT2D eigenvalue weighted by molar-refractivity contribution is 5.70. The van der Waals surface area contributed by atoms with Gasteiger partial charge in [0, 0.05) is 11.8 Å². The van der Waals surface area contributed by atoms with Gasteiger partial charge in [0.15, 0.2) is 0 Å². The lowest BCUT2D eigenvalue weighted by molar-refractivity contribution is -0.0631. The summed E-state index contributed by atoms with van der Waals surface area (Å²) in [5, 5.41) is 0. The Morgan fingerprint density at radius 1 is 1.07 bits per heavy atom. The summed E-state index contributed by atoms with van der Waals surface area (Å²) in [7, 11) is 0. The number of carbonyl (C=O) groups excluding carboxylic acids is 1. The summed E-state index contributed by atoms with van der Waals surface area (Å²) in [4.78, 5) is 15.0. The fraction of sp³-hybridized carbons (Fsp3) is 0.625. The van der Waals surface area contributed by atoms with Crippen LogP contribution in [-0.4, -0.2) is 35.0 Å². The minimum Gasteiger partial charge on any atom is -0.445 e. The summed E-state index contributed by atoms with van der Waals surface area (Å²) < 4.78 is 12.0. The van der Waals surface area contributed by atoms with Gasteiger partial charge >= 0.3 is 6.09 Å². The van der Waals surface area contributed by atoms with E-state index >= 15 is 0 Å². The Labute approximate surface area is 170 Å². The van der Waals surface area contributed by atoms with Gasteiger partial charge in [-0.15, -0.1) is 0 Å². The third-order valence-corrected chi connectivity index (χ3v) is 5.48. The standard InChI is InChI=1S/C24H37NO3/c1-17(2)14-15-18(3)21(19(4)20-12-10-9-11-13-20)28-22(26)25-23(5,6)16-27-24(25,7)8/h9-15,17-19,21H,16H2,1-8H3/b15-14+/t18-,19-,21-/m0/s1. The summed E-state index contributed by atoms with van der Waals surface area (Å²) in [6.45, 7) is 16.9. The molecule has 1 aromatic rings. The van der Waals surface area contributed by atoms with Crippen molar-refractivity contribution in [3.05, 3.63) is 48.0 Å². The lowest BCUT2D eigenvalue weighted by Gasteiger charge is -2.39. The fourth-order valence-electron chi connectivity index (χ4n) is 3.97. The molecule has 0 spiro atoms. The highest BCUT2D eigenvalue weighted by Gasteiger charge is 2.50. The van der Waals surface area contributed by atoms with Gasteiger partial charge in [0.05, 0.1) is 12.1 Å². The Balaban J connectivity index is 2.30. The zero-order chi connectivity index (χ0) is 21.1. The zero-order valence-corrected chi connectivity index (χ0v) is 18.7.